The fourth-order valence-corrected chi connectivity index (χ4v) is 5.91. The van der Waals surface area contributed by atoms with E-state index in [9.17, 15) is 14.7 Å². The Morgan fingerprint density at radius 1 is 0.889 bits per heavy atom. The first-order valence-corrected chi connectivity index (χ1v) is 14.8. The van der Waals surface area contributed by atoms with Crippen molar-refractivity contribution in [2.45, 2.75) is 24.9 Å². The van der Waals surface area contributed by atoms with Gasteiger partial charge in [-0.05, 0) is 63.5 Å². The van der Waals surface area contributed by atoms with Crippen molar-refractivity contribution >= 4 is 33.7 Å². The molecule has 0 spiro atoms. The van der Waals surface area contributed by atoms with Crippen LogP contribution in [0, 0.1) is 0 Å². The SMILES string of the molecule is C=CCOC(=O)N1c2c(Br)cccc2C(C(=O)OC)(c2cc(OCc3ccccc3)ccc2OCc2ccc(OC)cc2)C1O. The van der Waals surface area contributed by atoms with E-state index in [0.29, 0.717) is 21.5 Å². The van der Waals surface area contributed by atoms with Gasteiger partial charge in [-0.2, -0.15) is 0 Å². The van der Waals surface area contributed by atoms with Gasteiger partial charge < -0.3 is 28.8 Å². The molecule has 2 atom stereocenters. The van der Waals surface area contributed by atoms with E-state index in [1.807, 2.05) is 54.6 Å². The summed E-state index contributed by atoms with van der Waals surface area (Å²) in [7, 11) is 2.81. The second kappa shape index (κ2) is 13.9. The van der Waals surface area contributed by atoms with E-state index in [-0.39, 0.29) is 36.8 Å². The number of halogens is 1. The van der Waals surface area contributed by atoms with Gasteiger partial charge in [0, 0.05) is 15.6 Å². The van der Waals surface area contributed by atoms with Crippen molar-refractivity contribution < 1.29 is 38.4 Å². The highest BCUT2D eigenvalue weighted by molar-refractivity contribution is 9.10. The summed E-state index contributed by atoms with van der Waals surface area (Å²) in [5.41, 5.74) is 0.611. The molecular formula is C35H32BrNO8. The van der Waals surface area contributed by atoms with Crippen LogP contribution in [0.1, 0.15) is 22.3 Å². The average Bonchev–Trinajstić information content (AvgIpc) is 3.35. The third kappa shape index (κ3) is 6.11. The normalized spacial score (nSPS) is 16.8. The van der Waals surface area contributed by atoms with E-state index < -0.39 is 23.7 Å². The van der Waals surface area contributed by atoms with E-state index >= 15 is 0 Å². The van der Waals surface area contributed by atoms with Gasteiger partial charge in [0.05, 0.1) is 19.9 Å². The summed E-state index contributed by atoms with van der Waals surface area (Å²) in [6.07, 6.45) is -1.25. The molecule has 0 aromatic heterocycles. The number of amides is 1. The Bertz CT molecular complexity index is 1680. The number of esters is 1. The minimum atomic E-state index is -1.96. The number of carbonyl (C=O) groups is 2. The van der Waals surface area contributed by atoms with Gasteiger partial charge in [0.15, 0.2) is 11.6 Å². The number of nitrogens with zero attached hydrogens (tertiary/aromatic N) is 1. The summed E-state index contributed by atoms with van der Waals surface area (Å²) in [5, 5.41) is 12.1. The van der Waals surface area contributed by atoms with Gasteiger partial charge in [-0.15, -0.1) is 0 Å². The molecule has 1 aliphatic rings. The molecule has 4 aromatic rings. The zero-order valence-corrected chi connectivity index (χ0v) is 26.4. The maximum atomic E-state index is 14.1. The predicted molar refractivity (Wildman–Crippen MR) is 172 cm³/mol. The highest BCUT2D eigenvalue weighted by atomic mass is 79.9. The highest BCUT2D eigenvalue weighted by Crippen LogP contribution is 2.54. The van der Waals surface area contributed by atoms with Gasteiger partial charge in [-0.3, -0.25) is 4.79 Å². The zero-order chi connectivity index (χ0) is 32.0. The van der Waals surface area contributed by atoms with E-state index in [2.05, 4.69) is 22.5 Å². The van der Waals surface area contributed by atoms with Crippen molar-refractivity contribution in [3.63, 3.8) is 0 Å². The lowest BCUT2D eigenvalue weighted by Gasteiger charge is -2.34. The molecule has 1 heterocycles. The third-order valence-corrected chi connectivity index (χ3v) is 8.13. The molecule has 232 valence electrons. The van der Waals surface area contributed by atoms with Crippen LogP contribution in [0.25, 0.3) is 0 Å². The molecule has 0 saturated carbocycles. The monoisotopic (exact) mass is 673 g/mol. The largest absolute Gasteiger partial charge is 0.497 e. The maximum absolute atomic E-state index is 14.1. The molecule has 9 nitrogen and oxygen atoms in total. The topological polar surface area (TPSA) is 104 Å². The summed E-state index contributed by atoms with van der Waals surface area (Å²) >= 11 is 3.50. The molecule has 0 aliphatic carbocycles. The van der Waals surface area contributed by atoms with Crippen LogP contribution in [-0.2, 0) is 32.9 Å². The first-order chi connectivity index (χ1) is 21.8. The second-order valence-corrected chi connectivity index (χ2v) is 11.0. The molecule has 1 amide bonds. The average molecular weight is 675 g/mol. The van der Waals surface area contributed by atoms with Crippen LogP contribution in [-0.4, -0.2) is 44.2 Å². The lowest BCUT2D eigenvalue weighted by atomic mass is 9.74. The third-order valence-electron chi connectivity index (χ3n) is 7.49. The molecule has 1 N–H and O–H groups in total. The number of para-hydroxylation sites is 1. The number of aliphatic hydroxyl groups excluding tert-OH is 1. The molecule has 0 radical (unpaired) electrons. The summed E-state index contributed by atoms with van der Waals surface area (Å²) in [5.74, 6) is 0.562. The number of methoxy groups -OCH3 is 2. The fraction of sp³-hybridized carbons (Fsp3) is 0.200. The number of rotatable bonds is 11. The van der Waals surface area contributed by atoms with Gasteiger partial charge in [0.25, 0.3) is 0 Å². The van der Waals surface area contributed by atoms with Crippen LogP contribution in [0.3, 0.4) is 0 Å². The van der Waals surface area contributed by atoms with Crippen molar-refractivity contribution in [1.82, 2.24) is 0 Å². The number of hydrogen-bond acceptors (Lipinski definition) is 8. The molecule has 0 fully saturated rings. The predicted octanol–water partition coefficient (Wildman–Crippen LogP) is 6.54. The first kappa shape index (κ1) is 31.6. The Morgan fingerprint density at radius 2 is 1.58 bits per heavy atom. The quantitative estimate of drug-likeness (QED) is 0.142. The van der Waals surface area contributed by atoms with Crippen molar-refractivity contribution in [3.05, 3.63) is 130 Å². The van der Waals surface area contributed by atoms with Gasteiger partial charge in [0.2, 0.25) is 0 Å². The van der Waals surface area contributed by atoms with E-state index in [0.717, 1.165) is 16.0 Å². The van der Waals surface area contributed by atoms with Crippen LogP contribution in [0.5, 0.6) is 17.2 Å². The Labute approximate surface area is 269 Å². The molecule has 4 aromatic carbocycles. The van der Waals surface area contributed by atoms with Gasteiger partial charge in [-0.25, -0.2) is 9.69 Å². The Hall–Kier alpha value is -4.80. The van der Waals surface area contributed by atoms with Crippen LogP contribution >= 0.6 is 15.9 Å². The van der Waals surface area contributed by atoms with Crippen molar-refractivity contribution in [2.24, 2.45) is 0 Å². The van der Waals surface area contributed by atoms with Crippen LogP contribution in [0.15, 0.2) is 108 Å². The number of fused-ring (bicyclic) bond motifs is 1. The van der Waals surface area contributed by atoms with E-state index in [4.69, 9.17) is 23.7 Å². The summed E-state index contributed by atoms with van der Waals surface area (Å²) in [6.45, 7) is 3.87. The smallest absolute Gasteiger partial charge is 0.416 e. The highest BCUT2D eigenvalue weighted by Gasteiger charge is 2.62. The number of anilines is 1. The first-order valence-electron chi connectivity index (χ1n) is 14.0. The molecular weight excluding hydrogens is 642 g/mol. The summed E-state index contributed by atoms with van der Waals surface area (Å²) in [4.78, 5) is 28.5. The number of carbonyl (C=O) groups excluding carboxylic acids is 2. The minimum Gasteiger partial charge on any atom is -0.497 e. The van der Waals surface area contributed by atoms with Gasteiger partial charge in [-0.1, -0.05) is 67.3 Å². The molecule has 2 unspecified atom stereocenters. The van der Waals surface area contributed by atoms with Crippen LogP contribution < -0.4 is 19.1 Å². The number of hydrogen-bond donors (Lipinski definition) is 1. The Kier molecular flexibility index (Phi) is 9.75. The van der Waals surface area contributed by atoms with E-state index in [1.165, 1.54) is 13.2 Å². The number of ether oxygens (including phenoxy) is 5. The van der Waals surface area contributed by atoms with Crippen molar-refractivity contribution in [2.75, 3.05) is 25.7 Å². The Balaban J connectivity index is 1.66. The lowest BCUT2D eigenvalue weighted by molar-refractivity contribution is -0.149. The summed E-state index contributed by atoms with van der Waals surface area (Å²) < 4.78 is 28.9. The molecule has 5 rings (SSSR count). The van der Waals surface area contributed by atoms with Crippen molar-refractivity contribution in [1.29, 1.82) is 0 Å². The second-order valence-electron chi connectivity index (χ2n) is 10.1. The standard InChI is InChI=1S/C35H32BrNO8/c1-4-19-43-34(40)37-31-27(11-8-12-29(31)36)35(32(37)38,33(39)42-3)28-20-26(44-21-23-9-6-5-7-10-23)17-18-30(28)45-22-24-13-15-25(41-2)16-14-24/h4-18,20,32,38H,1,19,21-22H2,2-3H3. The maximum Gasteiger partial charge on any atom is 0.416 e. The summed E-state index contributed by atoms with van der Waals surface area (Å²) in [6, 6.07) is 27.1. The minimum absolute atomic E-state index is 0.105. The zero-order valence-electron chi connectivity index (χ0n) is 24.8. The van der Waals surface area contributed by atoms with E-state index in [1.54, 1.807) is 43.5 Å². The number of benzene rings is 4. The molecule has 0 saturated heterocycles. The molecule has 0 bridgehead atoms. The molecule has 10 heteroatoms. The fourth-order valence-electron chi connectivity index (χ4n) is 5.35. The molecule has 1 aliphatic heterocycles. The van der Waals surface area contributed by atoms with Crippen LogP contribution in [0.4, 0.5) is 10.5 Å². The van der Waals surface area contributed by atoms with Gasteiger partial charge >= 0.3 is 12.1 Å². The number of aliphatic hydroxyl groups is 1. The van der Waals surface area contributed by atoms with Crippen LogP contribution in [0.2, 0.25) is 0 Å². The van der Waals surface area contributed by atoms with Crippen molar-refractivity contribution in [3.8, 4) is 17.2 Å². The van der Waals surface area contributed by atoms with Gasteiger partial charge in [0.1, 0.15) is 37.1 Å². The lowest BCUT2D eigenvalue weighted by Crippen LogP contribution is -2.53. The Morgan fingerprint density at radius 3 is 2.27 bits per heavy atom. The molecule has 45 heavy (non-hydrogen) atoms.